The highest BCUT2D eigenvalue weighted by Crippen LogP contribution is 2.27. The molecule has 0 spiro atoms. The maximum absolute atomic E-state index is 5.47. The Hall–Kier alpha value is -1.63. The molecule has 1 saturated heterocycles. The average Bonchev–Trinajstić information content (AvgIpc) is 3.10. The van der Waals surface area contributed by atoms with Gasteiger partial charge in [0.05, 0.1) is 0 Å². The minimum atomic E-state index is 0.426. The quantitative estimate of drug-likeness (QED) is 0.565. The highest BCUT2D eigenvalue weighted by Gasteiger charge is 2.23. The zero-order chi connectivity index (χ0) is 13.9. The minimum Gasteiger partial charge on any atom is -0.351 e. The zero-order valence-electron chi connectivity index (χ0n) is 12.0. The Morgan fingerprint density at radius 2 is 1.85 bits per heavy atom. The Bertz CT molecular complexity index is 458. The summed E-state index contributed by atoms with van der Waals surface area (Å²) in [6.45, 7) is 4.31. The average molecular weight is 277 g/mol. The Balaban J connectivity index is 1.76. The number of aromatic nitrogens is 3. The molecule has 1 saturated carbocycles. The lowest BCUT2D eigenvalue weighted by molar-refractivity contribution is 0.601. The van der Waals surface area contributed by atoms with E-state index in [1.807, 2.05) is 0 Å². The van der Waals surface area contributed by atoms with Crippen LogP contribution in [0.3, 0.4) is 0 Å². The van der Waals surface area contributed by atoms with Crippen LogP contribution in [0.4, 0.5) is 17.8 Å². The monoisotopic (exact) mass is 277 g/mol. The molecule has 2 fully saturated rings. The van der Waals surface area contributed by atoms with Crippen molar-refractivity contribution in [3.05, 3.63) is 0 Å². The fourth-order valence-electron chi connectivity index (χ4n) is 3.07. The van der Waals surface area contributed by atoms with E-state index in [0.29, 0.717) is 17.9 Å². The largest absolute Gasteiger partial charge is 0.351 e. The maximum atomic E-state index is 5.47. The molecule has 1 aliphatic carbocycles. The second-order valence-electron chi connectivity index (χ2n) is 5.88. The maximum Gasteiger partial charge on any atom is 0.243 e. The smallest absolute Gasteiger partial charge is 0.243 e. The Labute approximate surface area is 119 Å². The summed E-state index contributed by atoms with van der Waals surface area (Å²) in [5.41, 5.74) is 2.54. The van der Waals surface area contributed by atoms with E-state index in [-0.39, 0.29) is 0 Å². The van der Waals surface area contributed by atoms with Crippen molar-refractivity contribution in [3.8, 4) is 0 Å². The van der Waals surface area contributed by atoms with Gasteiger partial charge < -0.3 is 10.2 Å². The van der Waals surface area contributed by atoms with Gasteiger partial charge >= 0.3 is 0 Å². The first-order valence-corrected chi connectivity index (χ1v) is 7.49. The van der Waals surface area contributed by atoms with Gasteiger partial charge in [0.15, 0.2) is 0 Å². The van der Waals surface area contributed by atoms with Crippen LogP contribution in [0.1, 0.15) is 39.0 Å². The Kier molecular flexibility index (Phi) is 3.86. The topological polar surface area (TPSA) is 92.0 Å². The molecule has 2 heterocycles. The highest BCUT2D eigenvalue weighted by molar-refractivity contribution is 5.44. The second kappa shape index (κ2) is 5.78. The van der Waals surface area contributed by atoms with E-state index in [0.717, 1.165) is 25.0 Å². The van der Waals surface area contributed by atoms with E-state index < -0.39 is 0 Å². The number of nitrogens with two attached hydrogens (primary N) is 1. The van der Waals surface area contributed by atoms with Gasteiger partial charge in [-0.3, -0.25) is 5.43 Å². The third kappa shape index (κ3) is 2.92. The van der Waals surface area contributed by atoms with Crippen molar-refractivity contribution in [1.29, 1.82) is 0 Å². The van der Waals surface area contributed by atoms with E-state index in [1.165, 1.54) is 32.1 Å². The van der Waals surface area contributed by atoms with Crippen molar-refractivity contribution in [2.45, 2.75) is 45.1 Å². The molecule has 0 bridgehead atoms. The van der Waals surface area contributed by atoms with Crippen molar-refractivity contribution < 1.29 is 0 Å². The molecule has 7 nitrogen and oxygen atoms in total. The molecule has 4 N–H and O–H groups in total. The van der Waals surface area contributed by atoms with Gasteiger partial charge in [-0.15, -0.1) is 0 Å². The van der Waals surface area contributed by atoms with Crippen LogP contribution in [-0.2, 0) is 0 Å². The molecule has 7 heteroatoms. The van der Waals surface area contributed by atoms with Gasteiger partial charge in [-0.25, -0.2) is 5.84 Å². The minimum absolute atomic E-state index is 0.426. The van der Waals surface area contributed by atoms with E-state index >= 15 is 0 Å². The Morgan fingerprint density at radius 3 is 2.50 bits per heavy atom. The standard InChI is InChI=1S/C13H23N7/c1-9-4-5-10(8-9)15-11-16-12(19-14)18-13(17-11)20-6-2-3-7-20/h9-10H,2-8,14H2,1H3,(H2,15,16,17,18,19). The van der Waals surface area contributed by atoms with E-state index in [9.17, 15) is 0 Å². The van der Waals surface area contributed by atoms with Crippen LogP contribution in [-0.4, -0.2) is 34.1 Å². The highest BCUT2D eigenvalue weighted by atomic mass is 15.4. The molecule has 2 aliphatic rings. The molecule has 0 aromatic carbocycles. The summed E-state index contributed by atoms with van der Waals surface area (Å²) in [5, 5.41) is 3.43. The van der Waals surface area contributed by atoms with Crippen LogP contribution in [0.25, 0.3) is 0 Å². The van der Waals surface area contributed by atoms with Crippen molar-refractivity contribution in [2.75, 3.05) is 28.7 Å². The van der Waals surface area contributed by atoms with Crippen LogP contribution in [0, 0.1) is 5.92 Å². The molecular formula is C13H23N7. The summed E-state index contributed by atoms with van der Waals surface area (Å²) >= 11 is 0. The van der Waals surface area contributed by atoms with Gasteiger partial charge in [0.1, 0.15) is 0 Å². The number of nitrogens with one attached hydrogen (secondary N) is 2. The summed E-state index contributed by atoms with van der Waals surface area (Å²) in [6.07, 6.45) is 6.01. The van der Waals surface area contributed by atoms with Crippen LogP contribution >= 0.6 is 0 Å². The molecule has 0 radical (unpaired) electrons. The van der Waals surface area contributed by atoms with Crippen LogP contribution in [0.2, 0.25) is 0 Å². The number of nitrogens with zero attached hydrogens (tertiary/aromatic N) is 4. The molecule has 2 unspecified atom stereocenters. The predicted octanol–water partition coefficient (Wildman–Crippen LogP) is 1.36. The first-order chi connectivity index (χ1) is 9.74. The lowest BCUT2D eigenvalue weighted by Crippen LogP contribution is -2.25. The molecule has 1 aliphatic heterocycles. The SMILES string of the molecule is CC1CCC(Nc2nc(NN)nc(N3CCCC3)n2)C1. The molecule has 2 atom stereocenters. The summed E-state index contributed by atoms with van der Waals surface area (Å²) in [7, 11) is 0. The number of hydrogen-bond donors (Lipinski definition) is 3. The molecule has 110 valence electrons. The van der Waals surface area contributed by atoms with Crippen molar-refractivity contribution in [1.82, 2.24) is 15.0 Å². The fourth-order valence-corrected chi connectivity index (χ4v) is 3.07. The molecular weight excluding hydrogens is 254 g/mol. The summed E-state index contributed by atoms with van der Waals surface area (Å²) < 4.78 is 0. The number of rotatable bonds is 4. The molecule has 1 aromatic rings. The normalized spacial score (nSPS) is 26.0. The number of anilines is 3. The van der Waals surface area contributed by atoms with Gasteiger partial charge in [0.2, 0.25) is 17.8 Å². The van der Waals surface area contributed by atoms with Crippen LogP contribution in [0.15, 0.2) is 0 Å². The van der Waals surface area contributed by atoms with Gasteiger partial charge in [0, 0.05) is 19.1 Å². The van der Waals surface area contributed by atoms with Crippen LogP contribution < -0.4 is 21.5 Å². The lowest BCUT2D eigenvalue weighted by Gasteiger charge is -2.18. The number of hydrazine groups is 1. The zero-order valence-corrected chi connectivity index (χ0v) is 12.0. The van der Waals surface area contributed by atoms with E-state index in [2.05, 4.69) is 37.5 Å². The first-order valence-electron chi connectivity index (χ1n) is 7.49. The van der Waals surface area contributed by atoms with Gasteiger partial charge in [0.25, 0.3) is 0 Å². The number of hydrogen-bond acceptors (Lipinski definition) is 7. The van der Waals surface area contributed by atoms with Gasteiger partial charge in [-0.05, 0) is 38.0 Å². The third-order valence-corrected chi connectivity index (χ3v) is 4.17. The van der Waals surface area contributed by atoms with Gasteiger partial charge in [-0.1, -0.05) is 6.92 Å². The van der Waals surface area contributed by atoms with Crippen LogP contribution in [0.5, 0.6) is 0 Å². The third-order valence-electron chi connectivity index (χ3n) is 4.17. The number of nitrogen functional groups attached to an aromatic ring is 1. The molecule has 1 aromatic heterocycles. The van der Waals surface area contributed by atoms with Crippen molar-refractivity contribution >= 4 is 17.8 Å². The molecule has 3 rings (SSSR count). The lowest BCUT2D eigenvalue weighted by atomic mass is 10.1. The predicted molar refractivity (Wildman–Crippen MR) is 79.5 cm³/mol. The van der Waals surface area contributed by atoms with Crippen molar-refractivity contribution in [3.63, 3.8) is 0 Å². The second-order valence-corrected chi connectivity index (χ2v) is 5.88. The van der Waals surface area contributed by atoms with E-state index in [4.69, 9.17) is 5.84 Å². The molecule has 0 amide bonds. The summed E-state index contributed by atoms with van der Waals surface area (Å²) in [5.74, 6) is 8.03. The first kappa shape index (κ1) is 13.4. The van der Waals surface area contributed by atoms with Gasteiger partial charge in [-0.2, -0.15) is 15.0 Å². The molecule has 20 heavy (non-hydrogen) atoms. The summed E-state index contributed by atoms with van der Waals surface area (Å²) in [6, 6.07) is 0.462. The van der Waals surface area contributed by atoms with Crippen molar-refractivity contribution in [2.24, 2.45) is 11.8 Å². The van der Waals surface area contributed by atoms with E-state index in [1.54, 1.807) is 0 Å². The fraction of sp³-hybridized carbons (Fsp3) is 0.769. The summed E-state index contributed by atoms with van der Waals surface area (Å²) in [4.78, 5) is 15.4. The Morgan fingerprint density at radius 1 is 1.10 bits per heavy atom.